The third-order valence-corrected chi connectivity index (χ3v) is 3.61. The van der Waals surface area contributed by atoms with Gasteiger partial charge in [-0.3, -0.25) is 14.2 Å². The fourth-order valence-corrected chi connectivity index (χ4v) is 2.49. The molecule has 1 N–H and O–H groups in total. The number of aromatic amines is 1. The molecular weight excluding hydrogens is 270 g/mol. The van der Waals surface area contributed by atoms with Gasteiger partial charge in [-0.15, -0.1) is 5.10 Å². The van der Waals surface area contributed by atoms with Crippen LogP contribution in [0.3, 0.4) is 0 Å². The summed E-state index contributed by atoms with van der Waals surface area (Å²) >= 11 is 1.17. The maximum absolute atomic E-state index is 11.6. The zero-order valence-electron chi connectivity index (χ0n) is 10.5. The van der Waals surface area contributed by atoms with Crippen LogP contribution in [0.2, 0.25) is 0 Å². The molecule has 19 heavy (non-hydrogen) atoms. The Kier molecular flexibility index (Phi) is 4.41. The van der Waals surface area contributed by atoms with Crippen LogP contribution in [-0.2, 0) is 14.3 Å². The number of nitrogens with zero attached hydrogens (tertiary/aromatic N) is 2. The molecule has 0 amide bonds. The molecule has 1 aromatic rings. The first-order valence-corrected chi connectivity index (χ1v) is 7.07. The number of hydrogen-bond donors (Lipinski definition) is 1. The van der Waals surface area contributed by atoms with Crippen LogP contribution in [0, 0.1) is 0 Å². The van der Waals surface area contributed by atoms with Gasteiger partial charge in [-0.2, -0.15) is 0 Å². The van der Waals surface area contributed by atoms with Crippen molar-refractivity contribution in [2.24, 2.45) is 0 Å². The first-order valence-electron chi connectivity index (χ1n) is 6.08. The van der Waals surface area contributed by atoms with E-state index in [1.165, 1.54) is 11.8 Å². The van der Waals surface area contributed by atoms with Crippen molar-refractivity contribution in [2.45, 2.75) is 37.4 Å². The number of hydrogen-bond acceptors (Lipinski definition) is 6. The van der Waals surface area contributed by atoms with Gasteiger partial charge in [0.2, 0.25) is 0 Å². The molecule has 0 bridgehead atoms. The first kappa shape index (κ1) is 13.9. The summed E-state index contributed by atoms with van der Waals surface area (Å²) in [6.45, 7) is 1.95. The van der Waals surface area contributed by atoms with Crippen LogP contribution >= 0.6 is 11.8 Å². The summed E-state index contributed by atoms with van der Waals surface area (Å²) in [7, 11) is 0. The van der Waals surface area contributed by atoms with E-state index in [9.17, 15) is 14.4 Å². The third kappa shape index (κ3) is 3.69. The number of esters is 1. The first-order chi connectivity index (χ1) is 9.11. The second-order valence-corrected chi connectivity index (χ2v) is 5.16. The lowest BCUT2D eigenvalue weighted by Crippen LogP contribution is -2.17. The summed E-state index contributed by atoms with van der Waals surface area (Å²) in [5.74, 6) is -0.647. The van der Waals surface area contributed by atoms with Gasteiger partial charge in [0, 0.05) is 6.04 Å². The predicted octanol–water partition coefficient (Wildman–Crippen LogP) is 0.521. The zero-order valence-corrected chi connectivity index (χ0v) is 11.4. The molecule has 2 rings (SSSR count). The van der Waals surface area contributed by atoms with Gasteiger partial charge in [-0.05, 0) is 19.8 Å². The predicted molar refractivity (Wildman–Crippen MR) is 68.1 cm³/mol. The van der Waals surface area contributed by atoms with E-state index in [-0.39, 0.29) is 36.3 Å². The molecule has 1 aromatic heterocycles. The molecule has 7 nitrogen and oxygen atoms in total. The highest BCUT2D eigenvalue weighted by Crippen LogP contribution is 2.35. The Balaban J connectivity index is 1.87. The van der Waals surface area contributed by atoms with Crippen LogP contribution in [0.1, 0.15) is 32.2 Å². The number of aromatic nitrogens is 3. The summed E-state index contributed by atoms with van der Waals surface area (Å²) in [4.78, 5) is 34.2. The zero-order chi connectivity index (χ0) is 13.8. The van der Waals surface area contributed by atoms with Crippen molar-refractivity contribution in [1.29, 1.82) is 0 Å². The number of ketones is 1. The molecule has 1 aliphatic rings. The molecule has 1 fully saturated rings. The molecule has 0 saturated heterocycles. The van der Waals surface area contributed by atoms with Gasteiger partial charge >= 0.3 is 11.7 Å². The molecule has 0 unspecified atom stereocenters. The van der Waals surface area contributed by atoms with Crippen molar-refractivity contribution < 1.29 is 14.3 Å². The Hall–Kier alpha value is -1.57. The highest BCUT2D eigenvalue weighted by molar-refractivity contribution is 7.99. The molecule has 0 aliphatic heterocycles. The van der Waals surface area contributed by atoms with Crippen LogP contribution in [0.5, 0.6) is 0 Å². The van der Waals surface area contributed by atoms with Gasteiger partial charge < -0.3 is 4.74 Å². The number of thioether (sulfide) groups is 1. The molecular formula is C11H15N3O4S. The highest BCUT2D eigenvalue weighted by Gasteiger charge is 2.28. The SMILES string of the molecule is CCOC(=O)CC(=O)CSc1n[nH]c(=O)n1C1CC1. The van der Waals surface area contributed by atoms with E-state index >= 15 is 0 Å². The standard InChI is InChI=1S/C11H15N3O4S/c1-2-18-9(16)5-8(15)6-19-11-13-12-10(17)14(11)7-3-4-7/h7H,2-6H2,1H3,(H,12,17). The molecule has 104 valence electrons. The lowest BCUT2D eigenvalue weighted by Gasteiger charge is -2.03. The second-order valence-electron chi connectivity index (χ2n) is 4.22. The Morgan fingerprint density at radius 2 is 2.26 bits per heavy atom. The lowest BCUT2D eigenvalue weighted by molar-refractivity contribution is -0.145. The number of Topliss-reactive ketones (excluding diaryl/α,β-unsaturated/α-hetero) is 1. The molecule has 1 saturated carbocycles. The largest absolute Gasteiger partial charge is 0.466 e. The van der Waals surface area contributed by atoms with Crippen LogP contribution in [-0.4, -0.2) is 38.9 Å². The lowest BCUT2D eigenvalue weighted by atomic mass is 10.3. The smallest absolute Gasteiger partial charge is 0.344 e. The van der Waals surface area contributed by atoms with Crippen molar-refractivity contribution in [3.8, 4) is 0 Å². The van der Waals surface area contributed by atoms with Gasteiger partial charge in [0.25, 0.3) is 0 Å². The van der Waals surface area contributed by atoms with E-state index in [0.29, 0.717) is 5.16 Å². The van der Waals surface area contributed by atoms with Crippen molar-refractivity contribution >= 4 is 23.5 Å². The molecule has 0 radical (unpaired) electrons. The maximum atomic E-state index is 11.6. The summed E-state index contributed by atoms with van der Waals surface area (Å²) < 4.78 is 6.27. The summed E-state index contributed by atoms with van der Waals surface area (Å²) in [6, 6.07) is 0.203. The van der Waals surface area contributed by atoms with E-state index < -0.39 is 5.97 Å². The van der Waals surface area contributed by atoms with Gasteiger partial charge in [0.1, 0.15) is 6.42 Å². The quantitative estimate of drug-likeness (QED) is 0.446. The minimum atomic E-state index is -0.519. The van der Waals surface area contributed by atoms with Crippen LogP contribution in [0.25, 0.3) is 0 Å². The van der Waals surface area contributed by atoms with Crippen LogP contribution in [0.15, 0.2) is 9.95 Å². The number of nitrogens with one attached hydrogen (secondary N) is 1. The Morgan fingerprint density at radius 3 is 2.89 bits per heavy atom. The van der Waals surface area contributed by atoms with Gasteiger partial charge in [-0.25, -0.2) is 9.89 Å². The van der Waals surface area contributed by atoms with Crippen molar-refractivity contribution in [2.75, 3.05) is 12.4 Å². The van der Waals surface area contributed by atoms with E-state index in [2.05, 4.69) is 10.2 Å². The van der Waals surface area contributed by atoms with E-state index in [4.69, 9.17) is 4.74 Å². The van der Waals surface area contributed by atoms with Crippen molar-refractivity contribution in [3.63, 3.8) is 0 Å². The second kappa shape index (κ2) is 6.05. The third-order valence-electron chi connectivity index (χ3n) is 2.59. The van der Waals surface area contributed by atoms with Crippen molar-refractivity contribution in [1.82, 2.24) is 14.8 Å². The maximum Gasteiger partial charge on any atom is 0.344 e. The van der Waals surface area contributed by atoms with E-state index in [0.717, 1.165) is 12.8 Å². The summed E-state index contributed by atoms with van der Waals surface area (Å²) in [5.41, 5.74) is -0.247. The molecule has 0 atom stereocenters. The topological polar surface area (TPSA) is 94.1 Å². The Bertz CT molecular complexity index is 532. The minimum Gasteiger partial charge on any atom is -0.466 e. The molecule has 1 aliphatic carbocycles. The van der Waals surface area contributed by atoms with Crippen molar-refractivity contribution in [3.05, 3.63) is 10.5 Å². The van der Waals surface area contributed by atoms with Gasteiger partial charge in [0.15, 0.2) is 10.9 Å². The average Bonchev–Trinajstić information content (AvgIpc) is 3.11. The number of H-pyrrole nitrogens is 1. The number of carbonyl (C=O) groups excluding carboxylic acids is 2. The van der Waals surface area contributed by atoms with Gasteiger partial charge in [-0.1, -0.05) is 11.8 Å². The van der Waals surface area contributed by atoms with E-state index in [1.54, 1.807) is 11.5 Å². The Morgan fingerprint density at radius 1 is 1.53 bits per heavy atom. The van der Waals surface area contributed by atoms with Gasteiger partial charge in [0.05, 0.1) is 12.4 Å². The number of rotatable bonds is 7. The van der Waals surface area contributed by atoms with E-state index in [1.807, 2.05) is 0 Å². The van der Waals surface area contributed by atoms with Crippen LogP contribution < -0.4 is 5.69 Å². The average molecular weight is 285 g/mol. The highest BCUT2D eigenvalue weighted by atomic mass is 32.2. The Labute approximate surface area is 113 Å². The number of carbonyl (C=O) groups is 2. The monoisotopic (exact) mass is 285 g/mol. The fourth-order valence-electron chi connectivity index (χ4n) is 1.62. The number of ether oxygens (including phenoxy) is 1. The molecule has 0 aromatic carbocycles. The molecule has 8 heteroatoms. The molecule has 0 spiro atoms. The molecule has 1 heterocycles. The normalized spacial score (nSPS) is 14.4. The fraction of sp³-hybridized carbons (Fsp3) is 0.636. The summed E-state index contributed by atoms with van der Waals surface area (Å²) in [5, 5.41) is 6.77. The van der Waals surface area contributed by atoms with Crippen LogP contribution in [0.4, 0.5) is 0 Å². The minimum absolute atomic E-state index is 0.107. The summed E-state index contributed by atoms with van der Waals surface area (Å²) in [6.07, 6.45) is 1.69.